The molecule has 0 saturated carbocycles. The third kappa shape index (κ3) is 4.01. The molecule has 1 aromatic heterocycles. The highest BCUT2D eigenvalue weighted by Crippen LogP contribution is 2.38. The summed E-state index contributed by atoms with van der Waals surface area (Å²) in [4.78, 5) is 11.7. The topological polar surface area (TPSA) is 80.0 Å². The van der Waals surface area contributed by atoms with E-state index in [2.05, 4.69) is 15.6 Å². The van der Waals surface area contributed by atoms with Gasteiger partial charge in [-0.25, -0.2) is 27.0 Å². The molecule has 2 N–H and O–H groups in total. The Hall–Kier alpha value is -3.79. The second kappa shape index (κ2) is 8.86. The van der Waals surface area contributed by atoms with Crippen LogP contribution in [0.3, 0.4) is 0 Å². The van der Waals surface area contributed by atoms with Gasteiger partial charge in [-0.15, -0.1) is 5.10 Å². The number of benzene rings is 3. The maximum absolute atomic E-state index is 15.2. The third-order valence-corrected chi connectivity index (χ3v) is 5.41. The Balaban J connectivity index is 1.90. The number of aromatic nitrogens is 3. The number of nitrogens with zero attached hydrogens (tertiary/aromatic N) is 3. The Morgan fingerprint density at radius 3 is 2.21 bits per heavy atom. The smallest absolute Gasteiger partial charge is 0.337 e. The van der Waals surface area contributed by atoms with Crippen molar-refractivity contribution in [2.24, 2.45) is 7.05 Å². The van der Waals surface area contributed by atoms with E-state index in [1.807, 2.05) is 13.8 Å². The minimum atomic E-state index is -1.64. The van der Waals surface area contributed by atoms with Gasteiger partial charge in [0, 0.05) is 19.6 Å². The predicted molar refractivity (Wildman–Crippen MR) is 118 cm³/mol. The largest absolute Gasteiger partial charge is 0.478 e. The molecule has 0 fully saturated rings. The zero-order valence-electron chi connectivity index (χ0n) is 18.5. The van der Waals surface area contributed by atoms with Crippen LogP contribution in [0.2, 0.25) is 0 Å². The van der Waals surface area contributed by atoms with Gasteiger partial charge in [0.2, 0.25) is 0 Å². The molecule has 0 spiro atoms. The molecule has 0 radical (unpaired) electrons. The minimum absolute atomic E-state index is 0.00597. The van der Waals surface area contributed by atoms with E-state index in [9.17, 15) is 9.90 Å². The Labute approximate surface area is 191 Å². The summed E-state index contributed by atoms with van der Waals surface area (Å²) in [6.45, 7) is 4.26. The molecule has 0 aliphatic heterocycles. The molecule has 4 rings (SSSR count). The number of rotatable bonds is 6. The second-order valence-corrected chi connectivity index (χ2v) is 8.15. The number of carboxylic acids is 1. The normalized spacial score (nSPS) is 11.5. The Morgan fingerprint density at radius 1 is 1.00 bits per heavy atom. The molecule has 0 bridgehead atoms. The van der Waals surface area contributed by atoms with Crippen LogP contribution in [0, 0.1) is 23.3 Å². The number of fused-ring (bicyclic) bond motifs is 1. The van der Waals surface area contributed by atoms with Crippen LogP contribution in [0.25, 0.3) is 33.3 Å². The molecular weight excluding hydrogens is 452 g/mol. The Kier molecular flexibility index (Phi) is 6.09. The fourth-order valence-electron chi connectivity index (χ4n) is 3.80. The molecule has 0 amide bonds. The lowest BCUT2D eigenvalue weighted by Crippen LogP contribution is -2.21. The van der Waals surface area contributed by atoms with Crippen molar-refractivity contribution in [2.45, 2.75) is 26.4 Å². The van der Waals surface area contributed by atoms with Crippen molar-refractivity contribution in [3.8, 4) is 22.3 Å². The van der Waals surface area contributed by atoms with Gasteiger partial charge in [-0.1, -0.05) is 37.3 Å². The molecule has 6 nitrogen and oxygen atoms in total. The third-order valence-electron chi connectivity index (χ3n) is 5.41. The lowest BCUT2D eigenvalue weighted by atomic mass is 9.95. The molecule has 176 valence electrons. The molecule has 0 aliphatic rings. The minimum Gasteiger partial charge on any atom is -0.478 e. The van der Waals surface area contributed by atoms with Crippen molar-refractivity contribution in [2.75, 3.05) is 0 Å². The van der Waals surface area contributed by atoms with Crippen LogP contribution in [0.5, 0.6) is 0 Å². The number of carbonyl (C=O) groups is 1. The Morgan fingerprint density at radius 2 is 1.62 bits per heavy atom. The lowest BCUT2D eigenvalue weighted by molar-refractivity contribution is 0.0698. The molecule has 0 atom stereocenters. The van der Waals surface area contributed by atoms with Crippen molar-refractivity contribution in [1.82, 2.24) is 20.3 Å². The number of aromatic carboxylic acids is 1. The van der Waals surface area contributed by atoms with Gasteiger partial charge in [-0.05, 0) is 34.9 Å². The first kappa shape index (κ1) is 23.4. The van der Waals surface area contributed by atoms with Gasteiger partial charge in [0.05, 0.1) is 16.7 Å². The van der Waals surface area contributed by atoms with E-state index in [4.69, 9.17) is 0 Å². The van der Waals surface area contributed by atoms with Crippen molar-refractivity contribution < 1.29 is 27.5 Å². The highest BCUT2D eigenvalue weighted by molar-refractivity contribution is 6.03. The van der Waals surface area contributed by atoms with Crippen LogP contribution in [-0.2, 0) is 13.6 Å². The number of hydrogen-bond acceptors (Lipinski definition) is 4. The maximum atomic E-state index is 15.2. The van der Waals surface area contributed by atoms with Crippen molar-refractivity contribution in [3.05, 3.63) is 70.8 Å². The number of hydrogen-bond donors (Lipinski definition) is 2. The van der Waals surface area contributed by atoms with Gasteiger partial charge in [-0.2, -0.15) is 0 Å². The summed E-state index contributed by atoms with van der Waals surface area (Å²) in [6, 6.07) is 8.29. The molecule has 4 aromatic rings. The van der Waals surface area contributed by atoms with Crippen LogP contribution in [0.4, 0.5) is 17.6 Å². The fourth-order valence-corrected chi connectivity index (χ4v) is 3.80. The van der Waals surface area contributed by atoms with Gasteiger partial charge in [0.25, 0.3) is 0 Å². The Bertz CT molecular complexity index is 1400. The summed E-state index contributed by atoms with van der Waals surface area (Å²) in [7, 11) is 1.45. The first-order valence-corrected chi connectivity index (χ1v) is 10.4. The zero-order valence-corrected chi connectivity index (χ0v) is 18.5. The molecule has 0 unspecified atom stereocenters. The van der Waals surface area contributed by atoms with Crippen molar-refractivity contribution >= 4 is 17.0 Å². The average molecular weight is 472 g/mol. The summed E-state index contributed by atoms with van der Waals surface area (Å²) in [5.41, 5.74) is -1.86. The van der Waals surface area contributed by atoms with Crippen LogP contribution in [0.15, 0.2) is 36.4 Å². The van der Waals surface area contributed by atoms with E-state index >= 15 is 17.6 Å². The van der Waals surface area contributed by atoms with E-state index in [0.29, 0.717) is 12.1 Å². The van der Waals surface area contributed by atoms with Gasteiger partial charge < -0.3 is 10.4 Å². The quantitative estimate of drug-likeness (QED) is 0.303. The van der Waals surface area contributed by atoms with E-state index in [-0.39, 0.29) is 33.8 Å². The van der Waals surface area contributed by atoms with Gasteiger partial charge in [0.15, 0.2) is 23.3 Å². The SMILES string of the molecule is CC(C)NCc1cccc(-c2c(F)c(F)c(-c3cc(C(=O)O)c4c(c3)nnn4C)c(F)c2F)c1. The van der Waals surface area contributed by atoms with Crippen LogP contribution in [0.1, 0.15) is 29.8 Å². The molecule has 10 heteroatoms. The predicted octanol–water partition coefficient (Wildman–Crippen LogP) is 5.05. The summed E-state index contributed by atoms with van der Waals surface area (Å²) >= 11 is 0. The van der Waals surface area contributed by atoms with E-state index < -0.39 is 40.4 Å². The molecular formula is C24H20F4N4O2. The van der Waals surface area contributed by atoms with Gasteiger partial charge in [-0.3, -0.25) is 0 Å². The van der Waals surface area contributed by atoms with Gasteiger partial charge >= 0.3 is 5.97 Å². The fraction of sp³-hybridized carbons (Fsp3) is 0.208. The van der Waals surface area contributed by atoms with Crippen molar-refractivity contribution in [3.63, 3.8) is 0 Å². The lowest BCUT2D eigenvalue weighted by Gasteiger charge is -2.14. The van der Waals surface area contributed by atoms with E-state index in [0.717, 1.165) is 12.1 Å². The monoisotopic (exact) mass is 472 g/mol. The molecule has 1 heterocycles. The second-order valence-electron chi connectivity index (χ2n) is 8.15. The summed E-state index contributed by atoms with van der Waals surface area (Å²) in [5.74, 6) is -7.86. The first-order valence-electron chi connectivity index (χ1n) is 10.4. The summed E-state index contributed by atoms with van der Waals surface area (Å²) in [6.07, 6.45) is 0. The molecule has 0 aliphatic carbocycles. The highest BCUT2D eigenvalue weighted by Gasteiger charge is 2.28. The summed E-state index contributed by atoms with van der Waals surface area (Å²) in [5, 5.41) is 20.2. The average Bonchev–Trinajstić information content (AvgIpc) is 3.17. The number of aryl methyl sites for hydroxylation is 1. The van der Waals surface area contributed by atoms with Gasteiger partial charge in [0.1, 0.15) is 11.0 Å². The van der Waals surface area contributed by atoms with E-state index in [1.165, 1.54) is 29.9 Å². The zero-order chi connectivity index (χ0) is 24.7. The molecule has 34 heavy (non-hydrogen) atoms. The van der Waals surface area contributed by atoms with E-state index in [1.54, 1.807) is 6.07 Å². The number of halogens is 4. The number of nitrogens with one attached hydrogen (secondary N) is 1. The van der Waals surface area contributed by atoms with Crippen LogP contribution in [-0.4, -0.2) is 32.1 Å². The standard InChI is InChI=1S/C24H20F4N4O2/c1-11(2)29-10-12-5-4-6-13(7-12)17-19(25)21(27)18(22(28)20(17)26)14-8-15(24(33)34)23-16(9-14)30-31-32(23)3/h4-9,11,29H,10H2,1-3H3,(H,33,34). The summed E-state index contributed by atoms with van der Waals surface area (Å²) < 4.78 is 61.9. The maximum Gasteiger partial charge on any atom is 0.337 e. The highest BCUT2D eigenvalue weighted by atomic mass is 19.2. The first-order chi connectivity index (χ1) is 16.1. The van der Waals surface area contributed by atoms with Crippen LogP contribution >= 0.6 is 0 Å². The van der Waals surface area contributed by atoms with Crippen molar-refractivity contribution in [1.29, 1.82) is 0 Å². The number of carboxylic acid groups (broad SMARTS) is 1. The van der Waals surface area contributed by atoms with Crippen LogP contribution < -0.4 is 5.32 Å². The molecule has 3 aromatic carbocycles. The molecule has 0 saturated heterocycles.